The smallest absolute Gasteiger partial charge is 0.410 e. The minimum atomic E-state index is -0.929. The summed E-state index contributed by atoms with van der Waals surface area (Å²) < 4.78 is 4.84. The maximum Gasteiger partial charge on any atom is 0.410 e. The van der Waals surface area contributed by atoms with Crippen LogP contribution in [0.4, 0.5) is 4.79 Å². The molecule has 1 N–H and O–H groups in total. The van der Waals surface area contributed by atoms with Crippen LogP contribution in [0.15, 0.2) is 12.7 Å². The van der Waals surface area contributed by atoms with Crippen molar-refractivity contribution in [2.24, 2.45) is 5.41 Å². The molecule has 1 aliphatic heterocycles. The SMILES string of the molecule is C=CCOC(=O)N1CC2(CCC2)C1C(=O)O. The van der Waals surface area contributed by atoms with Crippen LogP contribution in [0.3, 0.4) is 0 Å². The number of nitrogens with zero attached hydrogens (tertiary/aromatic N) is 1. The van der Waals surface area contributed by atoms with Gasteiger partial charge in [0.1, 0.15) is 12.6 Å². The van der Waals surface area contributed by atoms with Crippen LogP contribution in [0.2, 0.25) is 0 Å². The Balaban J connectivity index is 1.99. The molecule has 0 aromatic heterocycles. The summed E-state index contributed by atoms with van der Waals surface area (Å²) in [5.74, 6) is -0.929. The minimum absolute atomic E-state index is 0.120. The number of amides is 1. The summed E-state index contributed by atoms with van der Waals surface area (Å²) in [4.78, 5) is 23.9. The Morgan fingerprint density at radius 3 is 2.69 bits per heavy atom. The third-order valence-corrected chi connectivity index (χ3v) is 3.52. The van der Waals surface area contributed by atoms with Gasteiger partial charge in [0, 0.05) is 12.0 Å². The van der Waals surface area contributed by atoms with Gasteiger partial charge >= 0.3 is 12.1 Å². The topological polar surface area (TPSA) is 66.8 Å². The zero-order valence-corrected chi connectivity index (χ0v) is 9.02. The molecule has 1 unspecified atom stereocenters. The van der Waals surface area contributed by atoms with Gasteiger partial charge in [-0.25, -0.2) is 9.59 Å². The molecule has 0 aromatic rings. The van der Waals surface area contributed by atoms with E-state index in [9.17, 15) is 9.59 Å². The van der Waals surface area contributed by atoms with Gasteiger partial charge in [-0.2, -0.15) is 0 Å². The zero-order valence-electron chi connectivity index (χ0n) is 9.02. The molecule has 1 saturated heterocycles. The molecule has 0 bridgehead atoms. The van der Waals surface area contributed by atoms with E-state index in [1.807, 2.05) is 0 Å². The number of hydrogen-bond donors (Lipinski definition) is 1. The van der Waals surface area contributed by atoms with Crippen molar-refractivity contribution >= 4 is 12.1 Å². The fraction of sp³-hybridized carbons (Fsp3) is 0.636. The van der Waals surface area contributed by atoms with E-state index in [1.165, 1.54) is 11.0 Å². The van der Waals surface area contributed by atoms with Crippen molar-refractivity contribution in [3.63, 3.8) is 0 Å². The number of likely N-dealkylation sites (tertiary alicyclic amines) is 1. The van der Waals surface area contributed by atoms with E-state index >= 15 is 0 Å². The minimum Gasteiger partial charge on any atom is -0.480 e. The molecule has 88 valence electrons. The van der Waals surface area contributed by atoms with Crippen molar-refractivity contribution < 1.29 is 19.4 Å². The first-order valence-corrected chi connectivity index (χ1v) is 5.38. The summed E-state index contributed by atoms with van der Waals surface area (Å²) in [6, 6.07) is -0.696. The standard InChI is InChI=1S/C11H15NO4/c1-2-6-16-10(15)12-7-11(4-3-5-11)8(12)9(13)14/h2,8H,1,3-7H2,(H,13,14). The summed E-state index contributed by atoms with van der Waals surface area (Å²) in [7, 11) is 0. The van der Waals surface area contributed by atoms with Crippen molar-refractivity contribution in [2.75, 3.05) is 13.2 Å². The molecule has 16 heavy (non-hydrogen) atoms. The Morgan fingerprint density at radius 1 is 1.56 bits per heavy atom. The van der Waals surface area contributed by atoms with Gasteiger partial charge in [-0.15, -0.1) is 0 Å². The van der Waals surface area contributed by atoms with E-state index < -0.39 is 18.1 Å². The van der Waals surface area contributed by atoms with Crippen molar-refractivity contribution in [1.29, 1.82) is 0 Å². The normalized spacial score (nSPS) is 25.5. The first kappa shape index (κ1) is 11.0. The number of hydrogen-bond acceptors (Lipinski definition) is 3. The fourth-order valence-electron chi connectivity index (χ4n) is 2.58. The molecule has 2 rings (SSSR count). The summed E-state index contributed by atoms with van der Waals surface area (Å²) in [6.07, 6.45) is 3.76. The molecule has 5 nitrogen and oxygen atoms in total. The average molecular weight is 225 g/mol. The molecule has 1 saturated carbocycles. The summed E-state index contributed by atoms with van der Waals surface area (Å²) >= 11 is 0. The number of rotatable bonds is 3. The van der Waals surface area contributed by atoms with Crippen LogP contribution in [-0.4, -0.2) is 41.3 Å². The number of carboxylic acid groups (broad SMARTS) is 1. The molecule has 1 spiro atoms. The summed E-state index contributed by atoms with van der Waals surface area (Å²) in [5.41, 5.74) is -0.168. The molecule has 2 aliphatic rings. The van der Waals surface area contributed by atoms with Gasteiger partial charge in [-0.05, 0) is 12.8 Å². The molecular weight excluding hydrogens is 210 g/mol. The van der Waals surface area contributed by atoms with Crippen LogP contribution in [-0.2, 0) is 9.53 Å². The second-order valence-electron chi connectivity index (χ2n) is 4.45. The van der Waals surface area contributed by atoms with Gasteiger partial charge in [0.2, 0.25) is 0 Å². The van der Waals surface area contributed by atoms with Crippen LogP contribution in [0.5, 0.6) is 0 Å². The highest BCUT2D eigenvalue weighted by atomic mass is 16.6. The highest BCUT2D eigenvalue weighted by molar-refractivity contribution is 5.83. The lowest BCUT2D eigenvalue weighted by molar-refractivity contribution is -0.171. The van der Waals surface area contributed by atoms with Crippen LogP contribution in [0.25, 0.3) is 0 Å². The van der Waals surface area contributed by atoms with Crippen LogP contribution in [0.1, 0.15) is 19.3 Å². The molecule has 1 aliphatic carbocycles. The maximum absolute atomic E-state index is 11.5. The Hall–Kier alpha value is -1.52. The Bertz CT molecular complexity index is 335. The summed E-state index contributed by atoms with van der Waals surface area (Å²) in [5, 5.41) is 9.11. The van der Waals surface area contributed by atoms with Crippen molar-refractivity contribution in [1.82, 2.24) is 4.90 Å². The van der Waals surface area contributed by atoms with Crippen LogP contribution >= 0.6 is 0 Å². The number of carbonyl (C=O) groups excluding carboxylic acids is 1. The second kappa shape index (κ2) is 3.81. The molecule has 1 amide bonds. The first-order chi connectivity index (χ1) is 7.60. The van der Waals surface area contributed by atoms with Crippen LogP contribution in [0, 0.1) is 5.41 Å². The molecule has 1 heterocycles. The highest BCUT2D eigenvalue weighted by Gasteiger charge is 2.61. The fourth-order valence-corrected chi connectivity index (χ4v) is 2.58. The van der Waals surface area contributed by atoms with Gasteiger partial charge in [0.05, 0.1) is 0 Å². The van der Waals surface area contributed by atoms with Gasteiger partial charge in [-0.1, -0.05) is 19.1 Å². The number of carboxylic acids is 1. The number of ether oxygens (including phenoxy) is 1. The van der Waals surface area contributed by atoms with E-state index in [-0.39, 0.29) is 12.0 Å². The molecule has 1 atom stereocenters. The van der Waals surface area contributed by atoms with Crippen molar-refractivity contribution in [2.45, 2.75) is 25.3 Å². The van der Waals surface area contributed by atoms with Crippen LogP contribution < -0.4 is 0 Å². The van der Waals surface area contributed by atoms with E-state index in [0.717, 1.165) is 19.3 Å². The lowest BCUT2D eigenvalue weighted by atomic mass is 9.58. The lowest BCUT2D eigenvalue weighted by Gasteiger charge is -2.59. The quantitative estimate of drug-likeness (QED) is 0.734. The van der Waals surface area contributed by atoms with Gasteiger partial charge in [0.15, 0.2) is 0 Å². The lowest BCUT2D eigenvalue weighted by Crippen LogP contribution is -2.71. The molecule has 2 fully saturated rings. The average Bonchev–Trinajstić information content (AvgIpc) is 2.09. The Kier molecular flexibility index (Phi) is 2.61. The monoisotopic (exact) mass is 225 g/mol. The first-order valence-electron chi connectivity index (χ1n) is 5.38. The van der Waals surface area contributed by atoms with E-state index in [0.29, 0.717) is 6.54 Å². The van der Waals surface area contributed by atoms with E-state index in [1.54, 1.807) is 0 Å². The number of carbonyl (C=O) groups is 2. The maximum atomic E-state index is 11.5. The third kappa shape index (κ3) is 1.47. The molecule has 0 aromatic carbocycles. The van der Waals surface area contributed by atoms with E-state index in [2.05, 4.69) is 6.58 Å². The second-order valence-corrected chi connectivity index (χ2v) is 4.45. The Morgan fingerprint density at radius 2 is 2.25 bits per heavy atom. The van der Waals surface area contributed by atoms with E-state index in [4.69, 9.17) is 9.84 Å². The van der Waals surface area contributed by atoms with Gasteiger partial charge < -0.3 is 9.84 Å². The predicted octanol–water partition coefficient (Wildman–Crippen LogP) is 1.25. The Labute approximate surface area is 93.7 Å². The third-order valence-electron chi connectivity index (χ3n) is 3.52. The van der Waals surface area contributed by atoms with Gasteiger partial charge in [-0.3, -0.25) is 4.90 Å². The largest absolute Gasteiger partial charge is 0.480 e. The van der Waals surface area contributed by atoms with Crippen molar-refractivity contribution in [3.8, 4) is 0 Å². The van der Waals surface area contributed by atoms with Gasteiger partial charge in [0.25, 0.3) is 0 Å². The zero-order chi connectivity index (χ0) is 11.8. The predicted molar refractivity (Wildman–Crippen MR) is 56.0 cm³/mol. The molecule has 5 heteroatoms. The number of aliphatic carboxylic acids is 1. The molecule has 0 radical (unpaired) electrons. The summed E-state index contributed by atoms with van der Waals surface area (Å²) in [6.45, 7) is 4.07. The van der Waals surface area contributed by atoms with Crippen molar-refractivity contribution in [3.05, 3.63) is 12.7 Å². The highest BCUT2D eigenvalue weighted by Crippen LogP contribution is 2.53. The molecular formula is C11H15NO4.